The zero-order valence-electron chi connectivity index (χ0n) is 44.2. The molecule has 0 saturated heterocycles. The van der Waals surface area contributed by atoms with Crippen molar-refractivity contribution in [1.29, 1.82) is 0 Å². The number of nitrogens with one attached hydrogen (secondary N) is 2. The zero-order valence-corrected chi connectivity index (χ0v) is 44.2. The van der Waals surface area contributed by atoms with Crippen molar-refractivity contribution in [2.24, 2.45) is 0 Å². The van der Waals surface area contributed by atoms with E-state index in [1.165, 1.54) is 9.80 Å². The zero-order chi connectivity index (χ0) is 53.4. The van der Waals surface area contributed by atoms with Crippen molar-refractivity contribution in [2.45, 2.75) is 149 Å². The molecule has 3 aromatic carbocycles. The molecule has 0 bridgehead atoms. The van der Waals surface area contributed by atoms with Crippen molar-refractivity contribution in [3.63, 3.8) is 0 Å². The summed E-state index contributed by atoms with van der Waals surface area (Å²) < 4.78 is 33.8. The van der Waals surface area contributed by atoms with E-state index >= 15 is 0 Å². The number of unbranched alkanes of at least 4 members (excludes halogenated alkanes) is 1. The second kappa shape index (κ2) is 25.9. The molecule has 0 saturated carbocycles. The van der Waals surface area contributed by atoms with Gasteiger partial charge in [0.15, 0.2) is 0 Å². The van der Waals surface area contributed by atoms with Crippen LogP contribution in [0.4, 0.5) is 4.79 Å². The molecule has 1 aliphatic carbocycles. The van der Waals surface area contributed by atoms with Crippen molar-refractivity contribution in [2.75, 3.05) is 45.9 Å². The van der Waals surface area contributed by atoms with Gasteiger partial charge in [-0.05, 0) is 130 Å². The predicted molar refractivity (Wildman–Crippen MR) is 270 cm³/mol. The lowest BCUT2D eigenvalue weighted by atomic mass is 9.98. The van der Waals surface area contributed by atoms with Gasteiger partial charge in [-0.1, -0.05) is 78.9 Å². The van der Waals surface area contributed by atoms with E-state index in [9.17, 15) is 33.6 Å². The van der Waals surface area contributed by atoms with Crippen molar-refractivity contribution in [1.82, 2.24) is 20.4 Å². The van der Waals surface area contributed by atoms with Gasteiger partial charge in [-0.15, -0.1) is 0 Å². The molecular formula is C55H76N4O13. The third-order valence-corrected chi connectivity index (χ3v) is 10.6. The summed E-state index contributed by atoms with van der Waals surface area (Å²) in [6.45, 7) is 17.9. The lowest BCUT2D eigenvalue weighted by Crippen LogP contribution is -2.57. The fourth-order valence-electron chi connectivity index (χ4n) is 7.93. The Balaban J connectivity index is 1.56. The number of carbonyl (C=O) groups excluding carboxylic acids is 7. The standard InChI is InChI=1S/C55H76N4O13/c1-52(2,3)69-45(60)31-58(32-46(61)70-53(4,5)6)30-44(59(33-47(62)71-54(7,8)9)34-48(63)72-55(10,11)12)49(64)56-29-21-20-28-43(57-51(66)68-35-37-22-14-13-15-23-37)50(65)67-36-42-40-26-18-16-24-38(40)39-25-17-19-27-41(39)42/h13-19,22-27,42-44H,20-21,28-36H2,1-12H3,(H,56,64)(H,57,66)/t43-,44?/m1/s1. The second-order valence-electron chi connectivity index (χ2n) is 21.8. The van der Waals surface area contributed by atoms with Crippen LogP contribution in [-0.4, -0.2) is 132 Å². The van der Waals surface area contributed by atoms with Crippen LogP contribution in [0.25, 0.3) is 11.1 Å². The molecule has 0 aromatic heterocycles. The van der Waals surface area contributed by atoms with Crippen molar-refractivity contribution < 1.29 is 62.0 Å². The maximum absolute atomic E-state index is 14.5. The van der Waals surface area contributed by atoms with E-state index in [4.69, 9.17) is 28.4 Å². The Hall–Kier alpha value is -6.33. The fourth-order valence-corrected chi connectivity index (χ4v) is 7.93. The number of ether oxygens (including phenoxy) is 6. The number of fused-ring (bicyclic) bond motifs is 3. The van der Waals surface area contributed by atoms with E-state index in [-0.39, 0.29) is 38.6 Å². The van der Waals surface area contributed by atoms with Crippen LogP contribution in [0.1, 0.15) is 125 Å². The van der Waals surface area contributed by atoms with Gasteiger partial charge in [0.1, 0.15) is 47.7 Å². The van der Waals surface area contributed by atoms with Crippen LogP contribution in [0.15, 0.2) is 78.9 Å². The Morgan fingerprint density at radius 2 is 1.00 bits per heavy atom. The van der Waals surface area contributed by atoms with Crippen LogP contribution in [0.2, 0.25) is 0 Å². The molecule has 2 N–H and O–H groups in total. The number of carbonyl (C=O) groups is 7. The molecule has 2 atom stereocenters. The molecule has 1 unspecified atom stereocenters. The molecule has 72 heavy (non-hydrogen) atoms. The molecule has 0 spiro atoms. The van der Waals surface area contributed by atoms with Crippen molar-refractivity contribution in [3.8, 4) is 11.1 Å². The van der Waals surface area contributed by atoms with E-state index in [2.05, 4.69) is 10.6 Å². The molecule has 0 aliphatic heterocycles. The van der Waals surface area contributed by atoms with E-state index < -0.39 is 103 Å². The largest absolute Gasteiger partial charge is 0.463 e. The van der Waals surface area contributed by atoms with Crippen LogP contribution >= 0.6 is 0 Å². The molecule has 0 radical (unpaired) electrons. The number of benzene rings is 3. The van der Waals surface area contributed by atoms with Crippen LogP contribution in [0.5, 0.6) is 0 Å². The normalized spacial score (nSPS) is 13.5. The maximum atomic E-state index is 14.5. The monoisotopic (exact) mass is 1000 g/mol. The molecule has 0 heterocycles. The third-order valence-electron chi connectivity index (χ3n) is 10.6. The van der Waals surface area contributed by atoms with E-state index in [0.29, 0.717) is 12.8 Å². The number of esters is 5. The molecule has 17 nitrogen and oxygen atoms in total. The Kier molecular flexibility index (Phi) is 20.9. The van der Waals surface area contributed by atoms with E-state index in [1.54, 1.807) is 83.1 Å². The number of amides is 2. The van der Waals surface area contributed by atoms with Crippen molar-refractivity contribution in [3.05, 3.63) is 95.6 Å². The highest BCUT2D eigenvalue weighted by Gasteiger charge is 2.36. The van der Waals surface area contributed by atoms with Crippen LogP contribution in [0.3, 0.4) is 0 Å². The second-order valence-corrected chi connectivity index (χ2v) is 21.8. The number of hydrogen-bond acceptors (Lipinski definition) is 15. The Morgan fingerprint density at radius 1 is 0.556 bits per heavy atom. The summed E-state index contributed by atoms with van der Waals surface area (Å²) in [5.41, 5.74) is 1.34. The highest BCUT2D eigenvalue weighted by atomic mass is 16.6. The molecule has 3 aromatic rings. The number of rotatable bonds is 23. The fraction of sp³-hybridized carbons (Fsp3) is 0.545. The minimum absolute atomic E-state index is 0.0247. The molecular weight excluding hydrogens is 925 g/mol. The number of nitrogens with zero attached hydrogens (tertiary/aromatic N) is 2. The average Bonchev–Trinajstić information content (AvgIpc) is 3.56. The minimum Gasteiger partial charge on any atom is -0.463 e. The predicted octanol–water partition coefficient (Wildman–Crippen LogP) is 7.26. The summed E-state index contributed by atoms with van der Waals surface area (Å²) in [5, 5.41) is 5.57. The highest BCUT2D eigenvalue weighted by Crippen LogP contribution is 2.44. The first-order valence-electron chi connectivity index (χ1n) is 24.5. The van der Waals surface area contributed by atoms with Gasteiger partial charge < -0.3 is 39.1 Å². The topological polar surface area (TPSA) is 205 Å². The minimum atomic E-state index is -1.36. The van der Waals surface area contributed by atoms with Gasteiger partial charge in [-0.25, -0.2) is 9.59 Å². The van der Waals surface area contributed by atoms with Gasteiger partial charge in [0.25, 0.3) is 0 Å². The van der Waals surface area contributed by atoms with Gasteiger partial charge in [0.2, 0.25) is 5.91 Å². The third kappa shape index (κ3) is 20.8. The van der Waals surface area contributed by atoms with E-state index in [0.717, 1.165) is 27.8 Å². The Morgan fingerprint density at radius 3 is 1.47 bits per heavy atom. The van der Waals surface area contributed by atoms with Gasteiger partial charge in [0.05, 0.1) is 26.2 Å². The maximum Gasteiger partial charge on any atom is 0.408 e. The Labute approximate surface area is 424 Å². The number of alkyl carbamates (subject to hydrolysis) is 1. The summed E-state index contributed by atoms with van der Waals surface area (Å²) in [5.74, 6) is -4.42. The molecule has 394 valence electrons. The van der Waals surface area contributed by atoms with Crippen molar-refractivity contribution >= 4 is 41.8 Å². The van der Waals surface area contributed by atoms with Crippen LogP contribution < -0.4 is 10.6 Å². The van der Waals surface area contributed by atoms with Crippen LogP contribution in [-0.2, 0) is 63.8 Å². The van der Waals surface area contributed by atoms with E-state index in [1.807, 2.05) is 78.9 Å². The van der Waals surface area contributed by atoms with Gasteiger partial charge in [0, 0.05) is 19.0 Å². The smallest absolute Gasteiger partial charge is 0.408 e. The number of hydrogen-bond donors (Lipinski definition) is 2. The summed E-state index contributed by atoms with van der Waals surface area (Å²) in [6.07, 6.45) is -0.101. The summed E-state index contributed by atoms with van der Waals surface area (Å²) in [7, 11) is 0. The Bertz CT molecular complexity index is 2220. The summed E-state index contributed by atoms with van der Waals surface area (Å²) in [4.78, 5) is 97.8. The summed E-state index contributed by atoms with van der Waals surface area (Å²) >= 11 is 0. The van der Waals surface area contributed by atoms with Gasteiger partial charge in [-0.3, -0.25) is 33.8 Å². The van der Waals surface area contributed by atoms with Gasteiger partial charge >= 0.3 is 35.9 Å². The highest BCUT2D eigenvalue weighted by molar-refractivity contribution is 5.85. The first-order chi connectivity index (χ1) is 33.6. The molecule has 0 fully saturated rings. The molecule has 4 rings (SSSR count). The first kappa shape index (κ1) is 58.2. The summed E-state index contributed by atoms with van der Waals surface area (Å²) in [6, 6.07) is 22.5. The first-order valence-corrected chi connectivity index (χ1v) is 24.5. The van der Waals surface area contributed by atoms with Crippen LogP contribution in [0, 0.1) is 0 Å². The lowest BCUT2D eigenvalue weighted by Gasteiger charge is -2.35. The quantitative estimate of drug-likeness (QED) is 0.0545. The molecule has 17 heteroatoms. The SMILES string of the molecule is CC(C)(C)OC(=O)CN(CC(=O)OC(C)(C)C)CC(C(=O)NCCCC[C@@H](NC(=O)OCc1ccccc1)C(=O)OCC1c2ccccc2-c2ccccc21)N(CC(=O)OC(C)(C)C)CC(=O)OC(C)(C)C. The molecule has 2 amide bonds. The average molecular weight is 1000 g/mol. The van der Waals surface area contributed by atoms with Gasteiger partial charge in [-0.2, -0.15) is 0 Å². The molecule has 1 aliphatic rings. The lowest BCUT2D eigenvalue weighted by molar-refractivity contribution is -0.165.